The zero-order valence-corrected chi connectivity index (χ0v) is 9.73. The minimum absolute atomic E-state index is 0.00911. The van der Waals surface area contributed by atoms with E-state index in [1.54, 1.807) is 18.3 Å². The summed E-state index contributed by atoms with van der Waals surface area (Å²) in [5, 5.41) is 10.5. The normalized spacial score (nSPS) is 12.6. The number of benzene rings is 1. The van der Waals surface area contributed by atoms with E-state index in [1.807, 2.05) is 13.0 Å². The molecule has 0 aliphatic rings. The van der Waals surface area contributed by atoms with Crippen LogP contribution in [0.5, 0.6) is 0 Å². The van der Waals surface area contributed by atoms with E-state index >= 15 is 0 Å². The van der Waals surface area contributed by atoms with Gasteiger partial charge in [-0.2, -0.15) is 5.10 Å². The van der Waals surface area contributed by atoms with E-state index in [1.165, 1.54) is 0 Å². The highest BCUT2D eigenvalue weighted by molar-refractivity contribution is 5.97. The molecule has 0 saturated carbocycles. The summed E-state index contributed by atoms with van der Waals surface area (Å²) in [6.07, 6.45) is 2.57. The number of carbonyl (C=O) groups is 1. The summed E-state index contributed by atoms with van der Waals surface area (Å²) in [6, 6.07) is 5.45. The maximum absolute atomic E-state index is 11.8. The molecule has 1 aromatic heterocycles. The van der Waals surface area contributed by atoms with Crippen LogP contribution >= 0.6 is 0 Å². The van der Waals surface area contributed by atoms with Crippen molar-refractivity contribution in [2.24, 2.45) is 5.73 Å². The standard InChI is InChI=1S/C12H16N4O/c1-2-10(13)7-14-12(17)8-3-4-9-6-15-16-11(9)5-8/h3-6,10H,2,7,13H2,1H3,(H,14,17)(H,15,16). The van der Waals surface area contributed by atoms with Crippen LogP contribution < -0.4 is 11.1 Å². The lowest BCUT2D eigenvalue weighted by atomic mass is 10.1. The Morgan fingerprint density at radius 2 is 2.41 bits per heavy atom. The molecule has 1 aromatic carbocycles. The molecule has 0 saturated heterocycles. The van der Waals surface area contributed by atoms with Crippen molar-refractivity contribution in [1.82, 2.24) is 15.5 Å². The van der Waals surface area contributed by atoms with E-state index in [0.717, 1.165) is 17.3 Å². The van der Waals surface area contributed by atoms with Crippen molar-refractivity contribution in [3.63, 3.8) is 0 Å². The third-order valence-electron chi connectivity index (χ3n) is 2.75. The number of aromatic nitrogens is 2. The van der Waals surface area contributed by atoms with Crippen LogP contribution in [0.3, 0.4) is 0 Å². The van der Waals surface area contributed by atoms with E-state index in [2.05, 4.69) is 15.5 Å². The molecule has 1 amide bonds. The smallest absolute Gasteiger partial charge is 0.251 e. The van der Waals surface area contributed by atoms with Crippen LogP contribution in [0.2, 0.25) is 0 Å². The van der Waals surface area contributed by atoms with Gasteiger partial charge in [0.05, 0.1) is 11.7 Å². The Bertz CT molecular complexity index is 520. The lowest BCUT2D eigenvalue weighted by Gasteiger charge is -2.10. The summed E-state index contributed by atoms with van der Waals surface area (Å²) in [7, 11) is 0. The first-order valence-corrected chi connectivity index (χ1v) is 5.67. The second-order valence-electron chi connectivity index (χ2n) is 4.05. The van der Waals surface area contributed by atoms with Crippen LogP contribution in [-0.4, -0.2) is 28.7 Å². The molecular weight excluding hydrogens is 216 g/mol. The van der Waals surface area contributed by atoms with Gasteiger partial charge < -0.3 is 11.1 Å². The van der Waals surface area contributed by atoms with Gasteiger partial charge >= 0.3 is 0 Å². The Labute approximate surface area is 99.4 Å². The topological polar surface area (TPSA) is 83.8 Å². The first-order chi connectivity index (χ1) is 8.20. The van der Waals surface area contributed by atoms with Gasteiger partial charge in [-0.3, -0.25) is 9.89 Å². The van der Waals surface area contributed by atoms with Gasteiger partial charge in [0.2, 0.25) is 0 Å². The number of nitrogens with two attached hydrogens (primary N) is 1. The summed E-state index contributed by atoms with van der Waals surface area (Å²) >= 11 is 0. The SMILES string of the molecule is CCC(N)CNC(=O)c1ccc2cn[nH]c2c1. The molecule has 1 unspecified atom stereocenters. The lowest BCUT2D eigenvalue weighted by molar-refractivity contribution is 0.0951. The van der Waals surface area contributed by atoms with Gasteiger partial charge in [-0.15, -0.1) is 0 Å². The predicted octanol–water partition coefficient (Wildman–Crippen LogP) is 1.03. The number of fused-ring (bicyclic) bond motifs is 1. The molecule has 0 bridgehead atoms. The number of H-pyrrole nitrogens is 1. The molecule has 17 heavy (non-hydrogen) atoms. The zero-order chi connectivity index (χ0) is 12.3. The minimum Gasteiger partial charge on any atom is -0.350 e. The van der Waals surface area contributed by atoms with Crippen molar-refractivity contribution in [2.45, 2.75) is 19.4 Å². The molecule has 0 aliphatic carbocycles. The monoisotopic (exact) mass is 232 g/mol. The van der Waals surface area contributed by atoms with Crippen molar-refractivity contribution in [3.05, 3.63) is 30.0 Å². The van der Waals surface area contributed by atoms with Crippen molar-refractivity contribution < 1.29 is 4.79 Å². The van der Waals surface area contributed by atoms with Gasteiger partial charge in [0, 0.05) is 23.5 Å². The largest absolute Gasteiger partial charge is 0.350 e. The van der Waals surface area contributed by atoms with Gasteiger partial charge in [-0.1, -0.05) is 13.0 Å². The van der Waals surface area contributed by atoms with Gasteiger partial charge in [0.25, 0.3) is 5.91 Å². The van der Waals surface area contributed by atoms with E-state index in [4.69, 9.17) is 5.73 Å². The third kappa shape index (κ3) is 2.62. The highest BCUT2D eigenvalue weighted by Gasteiger charge is 2.08. The molecular formula is C12H16N4O. The number of nitrogens with one attached hydrogen (secondary N) is 2. The number of carbonyl (C=O) groups excluding carboxylic acids is 1. The molecule has 2 rings (SSSR count). The third-order valence-corrected chi connectivity index (χ3v) is 2.75. The fraction of sp³-hybridized carbons (Fsp3) is 0.333. The maximum atomic E-state index is 11.8. The van der Waals surface area contributed by atoms with Crippen molar-refractivity contribution in [3.8, 4) is 0 Å². The zero-order valence-electron chi connectivity index (χ0n) is 9.73. The summed E-state index contributed by atoms with van der Waals surface area (Å²) in [4.78, 5) is 11.8. The summed E-state index contributed by atoms with van der Waals surface area (Å²) < 4.78 is 0. The highest BCUT2D eigenvalue weighted by Crippen LogP contribution is 2.12. The average Bonchev–Trinajstić information content (AvgIpc) is 2.82. The number of rotatable bonds is 4. The number of amides is 1. The molecule has 5 nitrogen and oxygen atoms in total. The predicted molar refractivity (Wildman–Crippen MR) is 66.7 cm³/mol. The van der Waals surface area contributed by atoms with Crippen LogP contribution in [0.4, 0.5) is 0 Å². The van der Waals surface area contributed by atoms with Crippen LogP contribution in [0.25, 0.3) is 10.9 Å². The fourth-order valence-corrected chi connectivity index (χ4v) is 1.55. The number of hydrogen-bond donors (Lipinski definition) is 3. The molecule has 1 atom stereocenters. The molecule has 0 fully saturated rings. The molecule has 2 aromatic rings. The first-order valence-electron chi connectivity index (χ1n) is 5.67. The van der Waals surface area contributed by atoms with Crippen molar-refractivity contribution in [1.29, 1.82) is 0 Å². The summed E-state index contributed by atoms with van der Waals surface area (Å²) in [6.45, 7) is 2.49. The summed E-state index contributed by atoms with van der Waals surface area (Å²) in [5.74, 6) is -0.106. The molecule has 0 radical (unpaired) electrons. The number of aromatic amines is 1. The van der Waals surface area contributed by atoms with E-state index in [0.29, 0.717) is 12.1 Å². The quantitative estimate of drug-likeness (QED) is 0.736. The van der Waals surface area contributed by atoms with Gasteiger partial charge in [-0.25, -0.2) is 0 Å². The van der Waals surface area contributed by atoms with Crippen molar-refractivity contribution in [2.75, 3.05) is 6.54 Å². The minimum atomic E-state index is -0.106. The molecule has 1 heterocycles. The molecule has 0 aliphatic heterocycles. The first kappa shape index (κ1) is 11.6. The van der Waals surface area contributed by atoms with Crippen LogP contribution in [0.15, 0.2) is 24.4 Å². The second kappa shape index (κ2) is 4.97. The number of hydrogen-bond acceptors (Lipinski definition) is 3. The lowest BCUT2D eigenvalue weighted by Crippen LogP contribution is -2.36. The average molecular weight is 232 g/mol. The van der Waals surface area contributed by atoms with Gasteiger partial charge in [-0.05, 0) is 18.6 Å². The van der Waals surface area contributed by atoms with E-state index in [-0.39, 0.29) is 11.9 Å². The molecule has 4 N–H and O–H groups in total. The maximum Gasteiger partial charge on any atom is 0.251 e. The molecule has 0 spiro atoms. The van der Waals surface area contributed by atoms with Crippen LogP contribution in [0, 0.1) is 0 Å². The molecule has 90 valence electrons. The Kier molecular flexibility index (Phi) is 3.39. The summed E-state index contributed by atoms with van der Waals surface area (Å²) in [5.41, 5.74) is 7.22. The Hall–Kier alpha value is -1.88. The van der Waals surface area contributed by atoms with Gasteiger partial charge in [0.15, 0.2) is 0 Å². The van der Waals surface area contributed by atoms with E-state index in [9.17, 15) is 4.79 Å². The Morgan fingerprint density at radius 3 is 3.18 bits per heavy atom. The highest BCUT2D eigenvalue weighted by atomic mass is 16.1. The fourth-order valence-electron chi connectivity index (χ4n) is 1.55. The Balaban J connectivity index is 2.08. The molecule has 5 heteroatoms. The second-order valence-corrected chi connectivity index (χ2v) is 4.05. The van der Waals surface area contributed by atoms with Crippen LogP contribution in [-0.2, 0) is 0 Å². The number of nitrogens with zero attached hydrogens (tertiary/aromatic N) is 1. The Morgan fingerprint density at radius 1 is 1.59 bits per heavy atom. The van der Waals surface area contributed by atoms with Crippen molar-refractivity contribution >= 4 is 16.8 Å². The van der Waals surface area contributed by atoms with Crippen LogP contribution in [0.1, 0.15) is 23.7 Å². The van der Waals surface area contributed by atoms with Gasteiger partial charge in [0.1, 0.15) is 0 Å². The van der Waals surface area contributed by atoms with E-state index < -0.39 is 0 Å².